The summed E-state index contributed by atoms with van der Waals surface area (Å²) in [5.74, 6) is -0.107. The van der Waals surface area contributed by atoms with Gasteiger partial charge in [0.25, 0.3) is 5.91 Å². The lowest BCUT2D eigenvalue weighted by Crippen LogP contribution is -2.20. The molecule has 134 valence electrons. The van der Waals surface area contributed by atoms with Gasteiger partial charge in [0.15, 0.2) is 5.17 Å². The van der Waals surface area contributed by atoms with Crippen molar-refractivity contribution in [3.05, 3.63) is 76.8 Å². The number of thiol groups is 1. The monoisotopic (exact) mass is 391 g/mol. The smallest absolute Gasteiger partial charge is 0.264 e. The maximum Gasteiger partial charge on any atom is 0.264 e. The van der Waals surface area contributed by atoms with Crippen LogP contribution in [0.25, 0.3) is 17.0 Å². The molecule has 2 aromatic carbocycles. The number of fused-ring (bicyclic) bond motifs is 1. The summed E-state index contributed by atoms with van der Waals surface area (Å²) >= 11 is 5.67. The van der Waals surface area contributed by atoms with Gasteiger partial charge in [0.2, 0.25) is 0 Å². The maximum atomic E-state index is 12.2. The van der Waals surface area contributed by atoms with Crippen LogP contribution in [0.4, 0.5) is 0 Å². The number of carbonyl (C=O) groups is 1. The number of thioether (sulfide) groups is 1. The van der Waals surface area contributed by atoms with Crippen LogP contribution >= 0.6 is 24.4 Å². The minimum Gasteiger partial charge on any atom is -0.301 e. The van der Waals surface area contributed by atoms with E-state index in [9.17, 15) is 4.79 Å². The summed E-state index contributed by atoms with van der Waals surface area (Å²) in [7, 11) is 0. The molecule has 0 aliphatic carbocycles. The van der Waals surface area contributed by atoms with Gasteiger partial charge in [-0.1, -0.05) is 24.3 Å². The average molecular weight is 392 g/mol. The van der Waals surface area contributed by atoms with Crippen molar-refractivity contribution in [2.45, 2.75) is 11.3 Å². The second kappa shape index (κ2) is 7.98. The zero-order valence-electron chi connectivity index (χ0n) is 14.4. The van der Waals surface area contributed by atoms with Gasteiger partial charge in [-0.25, -0.2) is 0 Å². The van der Waals surface area contributed by atoms with Crippen molar-refractivity contribution < 1.29 is 4.79 Å². The van der Waals surface area contributed by atoms with Crippen molar-refractivity contribution in [2.75, 3.05) is 6.54 Å². The van der Waals surface area contributed by atoms with Crippen molar-refractivity contribution >= 4 is 52.4 Å². The van der Waals surface area contributed by atoms with Gasteiger partial charge in [0, 0.05) is 23.0 Å². The van der Waals surface area contributed by atoms with Gasteiger partial charge in [-0.2, -0.15) is 0 Å². The molecule has 6 heteroatoms. The van der Waals surface area contributed by atoms with E-state index in [0.29, 0.717) is 16.6 Å². The Kier molecular flexibility index (Phi) is 5.27. The number of rotatable bonds is 4. The molecule has 0 atom stereocenters. The Hall–Kier alpha value is -2.57. The van der Waals surface area contributed by atoms with Crippen LogP contribution in [-0.4, -0.2) is 22.6 Å². The molecule has 1 fully saturated rings. The van der Waals surface area contributed by atoms with E-state index in [-0.39, 0.29) is 5.91 Å². The third-order valence-electron chi connectivity index (χ3n) is 4.17. The standard InChI is InChI=1S/C21H17N3OS2/c25-20-19(13-15-5-8-18-16(12-15)2-1-10-22-18)27-21(24-20)23-11-9-14-3-6-17(26)7-4-14/h1-8,10,12-13,26H,9,11H2,(H,23,24,25)/b19-13-. The van der Waals surface area contributed by atoms with Crippen LogP contribution in [-0.2, 0) is 11.2 Å². The first-order chi connectivity index (χ1) is 13.2. The zero-order chi connectivity index (χ0) is 18.6. The number of hydrogen-bond donors (Lipinski definition) is 2. The van der Waals surface area contributed by atoms with Crippen LogP contribution in [0.1, 0.15) is 11.1 Å². The number of nitrogens with zero attached hydrogens (tertiary/aromatic N) is 2. The molecule has 1 aliphatic heterocycles. The number of carbonyl (C=O) groups excluding carboxylic acids is 1. The summed E-state index contributed by atoms with van der Waals surface area (Å²) < 4.78 is 0. The summed E-state index contributed by atoms with van der Waals surface area (Å²) in [6, 6.07) is 17.9. The Morgan fingerprint density at radius 2 is 2.00 bits per heavy atom. The minimum absolute atomic E-state index is 0.107. The molecule has 0 spiro atoms. The maximum absolute atomic E-state index is 12.2. The van der Waals surface area contributed by atoms with Gasteiger partial charge in [-0.3, -0.25) is 14.8 Å². The van der Waals surface area contributed by atoms with Gasteiger partial charge in [0.05, 0.1) is 10.4 Å². The molecule has 0 saturated carbocycles. The lowest BCUT2D eigenvalue weighted by molar-refractivity contribution is -0.115. The highest BCUT2D eigenvalue weighted by Gasteiger charge is 2.23. The van der Waals surface area contributed by atoms with Crippen LogP contribution in [0.2, 0.25) is 0 Å². The number of aliphatic imine (C=N–C) groups is 1. The first kappa shape index (κ1) is 17.8. The van der Waals surface area contributed by atoms with Gasteiger partial charge in [0.1, 0.15) is 0 Å². The van der Waals surface area contributed by atoms with Gasteiger partial charge < -0.3 is 5.32 Å². The third kappa shape index (κ3) is 4.40. The fourth-order valence-corrected chi connectivity index (χ4v) is 3.78. The van der Waals surface area contributed by atoms with Crippen molar-refractivity contribution in [1.29, 1.82) is 0 Å². The van der Waals surface area contributed by atoms with Crippen LogP contribution in [0.15, 0.2) is 75.6 Å². The molecule has 4 rings (SSSR count). The van der Waals surface area contributed by atoms with E-state index < -0.39 is 0 Å². The molecular formula is C21H17N3OS2. The Morgan fingerprint density at radius 1 is 1.15 bits per heavy atom. The molecule has 0 unspecified atom stereocenters. The molecule has 1 aliphatic rings. The van der Waals surface area contributed by atoms with E-state index in [1.54, 1.807) is 6.20 Å². The Labute approximate surface area is 167 Å². The lowest BCUT2D eigenvalue weighted by Gasteiger charge is -2.00. The van der Waals surface area contributed by atoms with Gasteiger partial charge in [-0.15, -0.1) is 12.6 Å². The second-order valence-electron chi connectivity index (χ2n) is 6.12. The largest absolute Gasteiger partial charge is 0.301 e. The highest BCUT2D eigenvalue weighted by atomic mass is 32.2. The summed E-state index contributed by atoms with van der Waals surface area (Å²) in [6.07, 6.45) is 4.49. The number of aromatic nitrogens is 1. The molecule has 1 aromatic heterocycles. The quantitative estimate of drug-likeness (QED) is 0.514. The van der Waals surface area contributed by atoms with E-state index in [4.69, 9.17) is 0 Å². The van der Waals surface area contributed by atoms with Crippen molar-refractivity contribution in [1.82, 2.24) is 10.3 Å². The molecule has 1 amide bonds. The summed E-state index contributed by atoms with van der Waals surface area (Å²) in [5.41, 5.74) is 3.12. The molecule has 1 N–H and O–H groups in total. The molecule has 27 heavy (non-hydrogen) atoms. The fraction of sp³-hybridized carbons (Fsp3) is 0.0952. The Morgan fingerprint density at radius 3 is 2.85 bits per heavy atom. The minimum atomic E-state index is -0.107. The van der Waals surface area contributed by atoms with E-state index in [1.165, 1.54) is 17.3 Å². The van der Waals surface area contributed by atoms with Crippen LogP contribution < -0.4 is 5.32 Å². The van der Waals surface area contributed by atoms with Gasteiger partial charge in [-0.05, 0) is 65.7 Å². The van der Waals surface area contributed by atoms with Crippen molar-refractivity contribution in [3.63, 3.8) is 0 Å². The third-order valence-corrected chi connectivity index (χ3v) is 5.41. The molecule has 3 aromatic rings. The average Bonchev–Trinajstić information content (AvgIpc) is 3.02. The predicted octanol–water partition coefficient (Wildman–Crippen LogP) is 4.33. The topological polar surface area (TPSA) is 54.4 Å². The zero-order valence-corrected chi connectivity index (χ0v) is 16.1. The highest BCUT2D eigenvalue weighted by molar-refractivity contribution is 8.18. The number of hydrogen-bond acceptors (Lipinski definition) is 5. The molecule has 0 bridgehead atoms. The van der Waals surface area contributed by atoms with Gasteiger partial charge >= 0.3 is 0 Å². The van der Waals surface area contributed by atoms with Crippen LogP contribution in [0.5, 0.6) is 0 Å². The fourth-order valence-electron chi connectivity index (χ4n) is 2.79. The number of amides is 1. The summed E-state index contributed by atoms with van der Waals surface area (Å²) in [4.78, 5) is 22.6. The number of amidine groups is 1. The lowest BCUT2D eigenvalue weighted by atomic mass is 10.1. The summed E-state index contributed by atoms with van der Waals surface area (Å²) in [6.45, 7) is 0.628. The SMILES string of the molecule is O=C1NC(=NCCc2ccc(S)cc2)S/C1=C\c1ccc2ncccc2c1. The number of nitrogens with one attached hydrogen (secondary N) is 1. The molecule has 4 nitrogen and oxygen atoms in total. The van der Waals surface area contributed by atoms with Crippen LogP contribution in [0, 0.1) is 0 Å². The summed E-state index contributed by atoms with van der Waals surface area (Å²) in [5, 5.41) is 4.54. The molecular weight excluding hydrogens is 374 g/mol. The molecule has 2 heterocycles. The number of pyridine rings is 1. The Balaban J connectivity index is 1.44. The highest BCUT2D eigenvalue weighted by Crippen LogP contribution is 2.27. The first-order valence-electron chi connectivity index (χ1n) is 8.55. The van der Waals surface area contributed by atoms with E-state index in [2.05, 4.69) is 27.9 Å². The first-order valence-corrected chi connectivity index (χ1v) is 9.82. The van der Waals surface area contributed by atoms with Crippen molar-refractivity contribution in [2.24, 2.45) is 4.99 Å². The van der Waals surface area contributed by atoms with E-state index in [1.807, 2.05) is 60.7 Å². The molecule has 0 radical (unpaired) electrons. The second-order valence-corrected chi connectivity index (χ2v) is 7.67. The van der Waals surface area contributed by atoms with E-state index in [0.717, 1.165) is 27.8 Å². The predicted molar refractivity (Wildman–Crippen MR) is 115 cm³/mol. The number of benzene rings is 2. The Bertz CT molecular complexity index is 1060. The molecule has 1 saturated heterocycles. The van der Waals surface area contributed by atoms with Crippen LogP contribution in [0.3, 0.4) is 0 Å². The van der Waals surface area contributed by atoms with E-state index >= 15 is 0 Å². The normalized spacial score (nSPS) is 17.0. The van der Waals surface area contributed by atoms with Crippen molar-refractivity contribution in [3.8, 4) is 0 Å².